The Morgan fingerprint density at radius 2 is 2.00 bits per heavy atom. The van der Waals surface area contributed by atoms with Gasteiger partial charge in [-0.1, -0.05) is 35.8 Å². The molecular weight excluding hydrogens is 304 g/mol. The highest BCUT2D eigenvalue weighted by Crippen LogP contribution is 2.35. The van der Waals surface area contributed by atoms with Gasteiger partial charge in [0, 0.05) is 10.0 Å². The first-order chi connectivity index (χ1) is 8.97. The highest BCUT2D eigenvalue weighted by molar-refractivity contribution is 9.10. The zero-order valence-electron chi connectivity index (χ0n) is 11.9. The van der Waals surface area contributed by atoms with Crippen LogP contribution in [0.25, 0.3) is 0 Å². The normalized spacial score (nSPS) is 29.0. The zero-order chi connectivity index (χ0) is 14.0. The summed E-state index contributed by atoms with van der Waals surface area (Å²) in [5.74, 6) is 2.32. The molecule has 0 spiro atoms. The fourth-order valence-electron chi connectivity index (χ4n) is 2.74. The zero-order valence-corrected chi connectivity index (χ0v) is 13.5. The Morgan fingerprint density at radius 1 is 1.26 bits per heavy atom. The van der Waals surface area contributed by atoms with E-state index >= 15 is 0 Å². The average Bonchev–Trinajstić information content (AvgIpc) is 2.33. The number of hydrogen-bond donors (Lipinski definition) is 1. The molecule has 1 aromatic rings. The molecule has 3 heteroatoms. The first kappa shape index (κ1) is 14.9. The van der Waals surface area contributed by atoms with Crippen LogP contribution in [-0.2, 0) is 0 Å². The van der Waals surface area contributed by atoms with Gasteiger partial charge in [0.25, 0.3) is 0 Å². The topological polar surface area (TPSA) is 29.5 Å². The Balaban J connectivity index is 2.12. The van der Waals surface area contributed by atoms with Gasteiger partial charge in [-0.2, -0.15) is 0 Å². The van der Waals surface area contributed by atoms with E-state index in [1.165, 1.54) is 6.42 Å². The molecule has 1 aliphatic carbocycles. The van der Waals surface area contributed by atoms with Gasteiger partial charge >= 0.3 is 0 Å². The summed E-state index contributed by atoms with van der Waals surface area (Å²) in [5.41, 5.74) is 0.870. The van der Waals surface area contributed by atoms with Crippen LogP contribution in [-0.4, -0.2) is 11.2 Å². The van der Waals surface area contributed by atoms with Crippen LogP contribution >= 0.6 is 15.9 Å². The molecule has 0 heterocycles. The summed E-state index contributed by atoms with van der Waals surface area (Å²) in [4.78, 5) is 0. The van der Waals surface area contributed by atoms with E-state index in [9.17, 15) is 5.11 Å². The fraction of sp³-hybridized carbons (Fsp3) is 0.625. The number of hydrogen-bond acceptors (Lipinski definition) is 2. The number of halogens is 1. The summed E-state index contributed by atoms with van der Waals surface area (Å²) >= 11 is 3.47. The van der Waals surface area contributed by atoms with E-state index in [0.29, 0.717) is 5.92 Å². The second-order valence-electron chi connectivity index (χ2n) is 5.87. The highest BCUT2D eigenvalue weighted by atomic mass is 79.9. The standard InChI is InChI=1S/C16H23BrO2/c1-10-4-6-14(8-11(10)2)19-16-9-13(17)5-7-15(16)12(3)18/h5,7,9-12,14,18H,4,6,8H2,1-3H3/t10?,11?,12-,14?/m0/s1. The molecule has 106 valence electrons. The van der Waals surface area contributed by atoms with Crippen LogP contribution in [0.2, 0.25) is 0 Å². The van der Waals surface area contributed by atoms with Crippen LogP contribution in [0.1, 0.15) is 51.7 Å². The van der Waals surface area contributed by atoms with Gasteiger partial charge in [-0.25, -0.2) is 0 Å². The van der Waals surface area contributed by atoms with E-state index < -0.39 is 6.10 Å². The summed E-state index contributed by atoms with van der Waals surface area (Å²) in [6.07, 6.45) is 3.22. The second kappa shape index (κ2) is 6.27. The van der Waals surface area contributed by atoms with Crippen LogP contribution in [0.4, 0.5) is 0 Å². The third-order valence-corrected chi connectivity index (χ3v) is 4.76. The van der Waals surface area contributed by atoms with Crippen LogP contribution < -0.4 is 4.74 Å². The molecule has 0 saturated heterocycles. The Labute approximate surface area is 124 Å². The third kappa shape index (κ3) is 3.73. The average molecular weight is 327 g/mol. The Morgan fingerprint density at radius 3 is 2.63 bits per heavy atom. The van der Waals surface area contributed by atoms with E-state index in [1.807, 2.05) is 18.2 Å². The van der Waals surface area contributed by atoms with Gasteiger partial charge in [0.15, 0.2) is 0 Å². The van der Waals surface area contributed by atoms with Crippen molar-refractivity contribution in [3.05, 3.63) is 28.2 Å². The number of ether oxygens (including phenoxy) is 1. The lowest BCUT2D eigenvalue weighted by molar-refractivity contribution is 0.0957. The van der Waals surface area contributed by atoms with Crippen molar-refractivity contribution in [1.29, 1.82) is 0 Å². The van der Waals surface area contributed by atoms with Crippen molar-refractivity contribution in [1.82, 2.24) is 0 Å². The van der Waals surface area contributed by atoms with E-state index in [-0.39, 0.29) is 6.10 Å². The minimum absolute atomic E-state index is 0.276. The van der Waals surface area contributed by atoms with E-state index in [1.54, 1.807) is 6.92 Å². The predicted octanol–water partition coefficient (Wildman–Crippen LogP) is 4.71. The summed E-state index contributed by atoms with van der Waals surface area (Å²) < 4.78 is 7.15. The first-order valence-corrected chi connectivity index (χ1v) is 7.91. The maximum atomic E-state index is 9.82. The maximum Gasteiger partial charge on any atom is 0.126 e. The van der Waals surface area contributed by atoms with Gasteiger partial charge < -0.3 is 9.84 Å². The lowest BCUT2D eigenvalue weighted by atomic mass is 9.80. The van der Waals surface area contributed by atoms with Gasteiger partial charge in [-0.3, -0.25) is 0 Å². The van der Waals surface area contributed by atoms with Crippen LogP contribution in [0.5, 0.6) is 5.75 Å². The minimum atomic E-state index is -0.497. The first-order valence-electron chi connectivity index (χ1n) is 7.11. The summed E-state index contributed by atoms with van der Waals surface area (Å²) in [6.45, 7) is 6.40. The molecule has 4 atom stereocenters. The molecule has 2 rings (SSSR count). The number of rotatable bonds is 3. The van der Waals surface area contributed by atoms with Gasteiger partial charge in [-0.15, -0.1) is 0 Å². The van der Waals surface area contributed by atoms with Crippen molar-refractivity contribution in [2.45, 2.75) is 52.2 Å². The van der Waals surface area contributed by atoms with Crippen LogP contribution in [0.15, 0.2) is 22.7 Å². The Kier molecular flexibility index (Phi) is 4.91. The number of benzene rings is 1. The number of aliphatic hydroxyl groups is 1. The Hall–Kier alpha value is -0.540. The lowest BCUT2D eigenvalue weighted by Crippen LogP contribution is -2.29. The lowest BCUT2D eigenvalue weighted by Gasteiger charge is -2.33. The monoisotopic (exact) mass is 326 g/mol. The van der Waals surface area contributed by atoms with E-state index in [0.717, 1.165) is 34.5 Å². The molecule has 0 radical (unpaired) electrons. The third-order valence-electron chi connectivity index (χ3n) is 4.27. The van der Waals surface area contributed by atoms with Crippen molar-refractivity contribution in [3.8, 4) is 5.75 Å². The predicted molar refractivity (Wildman–Crippen MR) is 81.4 cm³/mol. The molecular formula is C16H23BrO2. The molecule has 0 bridgehead atoms. The molecule has 19 heavy (non-hydrogen) atoms. The molecule has 3 unspecified atom stereocenters. The second-order valence-corrected chi connectivity index (χ2v) is 6.78. The van der Waals surface area contributed by atoms with E-state index in [2.05, 4.69) is 29.8 Å². The van der Waals surface area contributed by atoms with Gasteiger partial charge in [0.05, 0.1) is 12.2 Å². The van der Waals surface area contributed by atoms with Crippen molar-refractivity contribution in [2.75, 3.05) is 0 Å². The number of aliphatic hydroxyl groups excluding tert-OH is 1. The Bertz CT molecular complexity index is 431. The fourth-order valence-corrected chi connectivity index (χ4v) is 3.08. The molecule has 1 saturated carbocycles. The molecule has 2 nitrogen and oxygen atoms in total. The molecule has 0 aliphatic heterocycles. The summed E-state index contributed by atoms with van der Waals surface area (Å²) in [7, 11) is 0. The molecule has 1 aliphatic rings. The highest BCUT2D eigenvalue weighted by Gasteiger charge is 2.26. The smallest absolute Gasteiger partial charge is 0.126 e. The maximum absolute atomic E-state index is 9.82. The molecule has 0 amide bonds. The molecule has 1 aromatic carbocycles. The summed E-state index contributed by atoms with van der Waals surface area (Å²) in [6, 6.07) is 5.84. The molecule has 1 N–H and O–H groups in total. The van der Waals surface area contributed by atoms with Gasteiger partial charge in [0.1, 0.15) is 5.75 Å². The van der Waals surface area contributed by atoms with Gasteiger partial charge in [0.2, 0.25) is 0 Å². The van der Waals surface area contributed by atoms with Crippen molar-refractivity contribution in [3.63, 3.8) is 0 Å². The minimum Gasteiger partial charge on any atom is -0.490 e. The largest absolute Gasteiger partial charge is 0.490 e. The van der Waals surface area contributed by atoms with Crippen molar-refractivity contribution < 1.29 is 9.84 Å². The molecule has 0 aromatic heterocycles. The van der Waals surface area contributed by atoms with E-state index in [4.69, 9.17) is 4.74 Å². The van der Waals surface area contributed by atoms with Gasteiger partial charge in [-0.05, 0) is 50.2 Å². The van der Waals surface area contributed by atoms with Crippen LogP contribution in [0.3, 0.4) is 0 Å². The SMILES string of the molecule is CC1CCC(Oc2cc(Br)ccc2[C@H](C)O)CC1C. The quantitative estimate of drug-likeness (QED) is 0.871. The van der Waals surface area contributed by atoms with Crippen molar-refractivity contribution >= 4 is 15.9 Å². The summed E-state index contributed by atoms with van der Waals surface area (Å²) in [5, 5.41) is 9.82. The van der Waals surface area contributed by atoms with Crippen LogP contribution in [0, 0.1) is 11.8 Å². The van der Waals surface area contributed by atoms with Crippen molar-refractivity contribution in [2.24, 2.45) is 11.8 Å². The molecule has 1 fully saturated rings.